The predicted octanol–water partition coefficient (Wildman–Crippen LogP) is 4.45. The van der Waals surface area contributed by atoms with E-state index < -0.39 is 23.6 Å². The van der Waals surface area contributed by atoms with Crippen molar-refractivity contribution in [2.45, 2.75) is 121 Å². The third-order valence-electron chi connectivity index (χ3n) is 5.61. The van der Waals surface area contributed by atoms with Gasteiger partial charge in [0.2, 0.25) is 0 Å². The summed E-state index contributed by atoms with van der Waals surface area (Å²) in [5.74, 6) is -0.595. The molecule has 0 spiro atoms. The van der Waals surface area contributed by atoms with E-state index in [1.54, 1.807) is 0 Å². The lowest BCUT2D eigenvalue weighted by molar-refractivity contribution is -0.158. The van der Waals surface area contributed by atoms with Gasteiger partial charge < -0.3 is 15.3 Å². The van der Waals surface area contributed by atoms with Gasteiger partial charge in [0.1, 0.15) is 6.10 Å². The second kappa shape index (κ2) is 13.5. The Bertz CT molecular complexity index is 407. The molecule has 1 unspecified atom stereocenters. The first-order valence-electron chi connectivity index (χ1n) is 10.8. The number of unbranched alkanes of at least 4 members (excludes halogenated alkanes) is 13. The summed E-state index contributed by atoms with van der Waals surface area (Å²) in [6, 6.07) is 0. The normalized spacial score (nSPS) is 23.7. The molecular weight excluding hydrogens is 328 g/mol. The average Bonchev–Trinajstić information content (AvgIpc) is 2.90. The molecular formula is C22H40O4. The number of hydrogen-bond acceptors (Lipinski definition) is 4. The van der Waals surface area contributed by atoms with Gasteiger partial charge in [-0.15, -0.1) is 0 Å². The molecule has 3 N–H and O–H groups in total. The van der Waals surface area contributed by atoms with Gasteiger partial charge in [0.15, 0.2) is 11.4 Å². The highest BCUT2D eigenvalue weighted by atomic mass is 16.4. The summed E-state index contributed by atoms with van der Waals surface area (Å²) < 4.78 is 0. The Morgan fingerprint density at radius 1 is 0.885 bits per heavy atom. The van der Waals surface area contributed by atoms with Gasteiger partial charge in [-0.25, -0.2) is 0 Å². The van der Waals surface area contributed by atoms with Crippen LogP contribution >= 0.6 is 0 Å². The number of aliphatic hydroxyl groups is 3. The quantitative estimate of drug-likeness (QED) is 0.352. The van der Waals surface area contributed by atoms with E-state index in [0.717, 1.165) is 25.3 Å². The summed E-state index contributed by atoms with van der Waals surface area (Å²) in [7, 11) is 0. The van der Waals surface area contributed by atoms with Crippen molar-refractivity contribution in [3.63, 3.8) is 0 Å². The van der Waals surface area contributed by atoms with Gasteiger partial charge in [-0.3, -0.25) is 4.79 Å². The Morgan fingerprint density at radius 2 is 1.31 bits per heavy atom. The molecule has 0 radical (unpaired) electrons. The van der Waals surface area contributed by atoms with Crippen LogP contribution in [0.4, 0.5) is 0 Å². The molecule has 0 bridgehead atoms. The second-order valence-corrected chi connectivity index (χ2v) is 7.89. The molecule has 0 aromatic heterocycles. The monoisotopic (exact) mass is 368 g/mol. The topological polar surface area (TPSA) is 77.8 Å². The maximum Gasteiger partial charge on any atom is 0.192 e. The number of carbonyl (C=O) groups excluding carboxylic acids is 1. The lowest BCUT2D eigenvalue weighted by atomic mass is 9.87. The van der Waals surface area contributed by atoms with Gasteiger partial charge in [0.25, 0.3) is 0 Å². The van der Waals surface area contributed by atoms with Crippen molar-refractivity contribution in [2.24, 2.45) is 0 Å². The molecule has 152 valence electrons. The minimum Gasteiger partial charge on any atom is -0.390 e. The minimum atomic E-state index is -2.03. The third kappa shape index (κ3) is 7.89. The molecule has 0 saturated heterocycles. The van der Waals surface area contributed by atoms with Gasteiger partial charge in [-0.1, -0.05) is 96.8 Å². The van der Waals surface area contributed by atoms with Crippen LogP contribution in [0.1, 0.15) is 103 Å². The van der Waals surface area contributed by atoms with Crippen molar-refractivity contribution >= 4 is 5.78 Å². The molecule has 4 heteroatoms. The van der Waals surface area contributed by atoms with E-state index in [-0.39, 0.29) is 0 Å². The summed E-state index contributed by atoms with van der Waals surface area (Å²) in [6.07, 6.45) is 17.9. The van der Waals surface area contributed by atoms with Crippen molar-refractivity contribution < 1.29 is 20.1 Å². The average molecular weight is 369 g/mol. The molecule has 1 rings (SSSR count). The zero-order valence-electron chi connectivity index (χ0n) is 16.7. The molecule has 0 aromatic rings. The summed E-state index contributed by atoms with van der Waals surface area (Å²) in [6.45, 7) is 2.25. The molecule has 4 nitrogen and oxygen atoms in total. The highest BCUT2D eigenvalue weighted by Crippen LogP contribution is 2.27. The van der Waals surface area contributed by atoms with E-state index in [2.05, 4.69) is 6.92 Å². The Morgan fingerprint density at radius 3 is 1.69 bits per heavy atom. The van der Waals surface area contributed by atoms with Crippen LogP contribution in [-0.4, -0.2) is 38.9 Å². The maximum absolute atomic E-state index is 11.6. The lowest BCUT2D eigenvalue weighted by Gasteiger charge is -2.30. The fourth-order valence-corrected chi connectivity index (χ4v) is 3.72. The molecule has 0 heterocycles. The Kier molecular flexibility index (Phi) is 12.1. The minimum absolute atomic E-state index is 0.346. The van der Waals surface area contributed by atoms with Crippen LogP contribution in [0, 0.1) is 0 Å². The van der Waals surface area contributed by atoms with E-state index in [4.69, 9.17) is 0 Å². The van der Waals surface area contributed by atoms with Gasteiger partial charge in [-0.2, -0.15) is 0 Å². The summed E-state index contributed by atoms with van der Waals surface area (Å²) in [5.41, 5.74) is -2.03. The van der Waals surface area contributed by atoms with E-state index in [1.807, 2.05) is 0 Å². The molecule has 0 saturated carbocycles. The number of rotatable bonds is 16. The van der Waals surface area contributed by atoms with Crippen molar-refractivity contribution in [3.8, 4) is 0 Å². The fraction of sp³-hybridized carbons (Fsp3) is 0.864. The first-order chi connectivity index (χ1) is 12.5. The molecule has 3 atom stereocenters. The summed E-state index contributed by atoms with van der Waals surface area (Å²) in [5, 5.41) is 29.9. The van der Waals surface area contributed by atoms with Crippen LogP contribution in [0.25, 0.3) is 0 Å². The van der Waals surface area contributed by atoms with Gasteiger partial charge in [0.05, 0.1) is 6.10 Å². The van der Waals surface area contributed by atoms with Crippen molar-refractivity contribution in [1.82, 2.24) is 0 Å². The van der Waals surface area contributed by atoms with Gasteiger partial charge in [-0.05, 0) is 18.6 Å². The fourth-order valence-electron chi connectivity index (χ4n) is 3.72. The van der Waals surface area contributed by atoms with Crippen LogP contribution in [0.3, 0.4) is 0 Å². The number of carbonyl (C=O) groups is 1. The molecule has 1 aliphatic rings. The summed E-state index contributed by atoms with van der Waals surface area (Å²) in [4.78, 5) is 11.6. The van der Waals surface area contributed by atoms with E-state index in [1.165, 1.54) is 76.7 Å². The van der Waals surface area contributed by atoms with Crippen LogP contribution in [0.2, 0.25) is 0 Å². The van der Waals surface area contributed by atoms with Crippen LogP contribution in [0.5, 0.6) is 0 Å². The molecule has 0 fully saturated rings. The number of hydrogen-bond donors (Lipinski definition) is 3. The smallest absolute Gasteiger partial charge is 0.192 e. The van der Waals surface area contributed by atoms with E-state index >= 15 is 0 Å². The Balaban J connectivity index is 1.90. The molecule has 0 aromatic carbocycles. The molecule has 0 aliphatic heterocycles. The SMILES string of the molecule is CCCCCCCCCCCCCCCCC(O)[C@@]1(O)C(=O)C=C[C@H]1O. The van der Waals surface area contributed by atoms with Crippen LogP contribution < -0.4 is 0 Å². The summed E-state index contributed by atoms with van der Waals surface area (Å²) >= 11 is 0. The maximum atomic E-state index is 11.6. The van der Waals surface area contributed by atoms with Crippen LogP contribution in [-0.2, 0) is 4.79 Å². The first-order valence-corrected chi connectivity index (χ1v) is 10.8. The van der Waals surface area contributed by atoms with Crippen LogP contribution in [0.15, 0.2) is 12.2 Å². The molecule has 0 amide bonds. The number of aliphatic hydroxyl groups excluding tert-OH is 2. The zero-order valence-corrected chi connectivity index (χ0v) is 16.7. The highest BCUT2D eigenvalue weighted by molar-refractivity contribution is 6.00. The van der Waals surface area contributed by atoms with E-state index in [0.29, 0.717) is 6.42 Å². The van der Waals surface area contributed by atoms with E-state index in [9.17, 15) is 20.1 Å². The highest BCUT2D eigenvalue weighted by Gasteiger charge is 2.50. The number of ketones is 1. The Hall–Kier alpha value is -0.710. The molecule has 26 heavy (non-hydrogen) atoms. The first kappa shape index (κ1) is 23.3. The zero-order chi connectivity index (χ0) is 19.3. The largest absolute Gasteiger partial charge is 0.390 e. The van der Waals surface area contributed by atoms with Crippen molar-refractivity contribution in [2.75, 3.05) is 0 Å². The molecule has 1 aliphatic carbocycles. The van der Waals surface area contributed by atoms with Crippen molar-refractivity contribution in [1.29, 1.82) is 0 Å². The third-order valence-corrected chi connectivity index (χ3v) is 5.61. The van der Waals surface area contributed by atoms with Gasteiger partial charge in [0, 0.05) is 0 Å². The predicted molar refractivity (Wildman–Crippen MR) is 106 cm³/mol. The standard InChI is InChI=1S/C22H40O4/c1-2-3-4-5-6-7-8-9-10-11-12-13-14-15-16-19(23)22(26)20(24)17-18-21(22)25/h17-20,23-24,26H,2-16H2,1H3/t19?,20-,22+/m1/s1. The lowest BCUT2D eigenvalue weighted by Crippen LogP contribution is -2.54. The van der Waals surface area contributed by atoms with Crippen molar-refractivity contribution in [3.05, 3.63) is 12.2 Å². The van der Waals surface area contributed by atoms with Gasteiger partial charge >= 0.3 is 0 Å². The Labute approximate surface area is 159 Å². The second-order valence-electron chi connectivity index (χ2n) is 7.89.